The highest BCUT2D eigenvalue weighted by Crippen LogP contribution is 2.41. The molecule has 0 radical (unpaired) electrons. The van der Waals surface area contributed by atoms with Gasteiger partial charge in [-0.05, 0) is 12.1 Å². The second-order valence-electron chi connectivity index (χ2n) is 4.14. The SMILES string of the molecule is O=c1c(F)c(F)n([C@@H]2C[C@@H]2F)c2ccccc12. The first kappa shape index (κ1) is 10.4. The van der Waals surface area contributed by atoms with Gasteiger partial charge in [-0.25, -0.2) is 4.39 Å². The molecule has 0 spiro atoms. The van der Waals surface area contributed by atoms with Gasteiger partial charge in [0.05, 0.1) is 11.6 Å². The number of rotatable bonds is 1. The average molecular weight is 239 g/mol. The predicted octanol–water partition coefficient (Wildman–Crippen LogP) is 2.56. The number of nitrogens with zero attached hydrogens (tertiary/aromatic N) is 1. The molecule has 5 heteroatoms. The number of benzene rings is 1. The number of para-hydroxylation sites is 1. The van der Waals surface area contributed by atoms with Crippen molar-refractivity contribution in [3.8, 4) is 0 Å². The molecule has 1 aliphatic carbocycles. The zero-order valence-corrected chi connectivity index (χ0v) is 8.66. The van der Waals surface area contributed by atoms with E-state index in [2.05, 4.69) is 0 Å². The van der Waals surface area contributed by atoms with Crippen LogP contribution in [0.15, 0.2) is 29.1 Å². The van der Waals surface area contributed by atoms with Crippen LogP contribution in [-0.4, -0.2) is 10.7 Å². The summed E-state index contributed by atoms with van der Waals surface area (Å²) in [5, 5.41) is 0.0745. The predicted molar refractivity (Wildman–Crippen MR) is 56.7 cm³/mol. The fourth-order valence-electron chi connectivity index (χ4n) is 2.04. The lowest BCUT2D eigenvalue weighted by atomic mass is 10.2. The number of pyridine rings is 1. The molecule has 2 aromatic rings. The molecule has 88 valence electrons. The zero-order chi connectivity index (χ0) is 12.2. The Labute approximate surface area is 94.3 Å². The maximum atomic E-state index is 13.7. The summed E-state index contributed by atoms with van der Waals surface area (Å²) in [6, 6.07) is 5.36. The van der Waals surface area contributed by atoms with Gasteiger partial charge in [0.15, 0.2) is 0 Å². The molecular weight excluding hydrogens is 231 g/mol. The number of alkyl halides is 1. The molecule has 1 heterocycles. The summed E-state index contributed by atoms with van der Waals surface area (Å²) in [6.07, 6.45) is -1.02. The lowest BCUT2D eigenvalue weighted by Gasteiger charge is -2.11. The minimum absolute atomic E-state index is 0.0745. The Bertz CT molecular complexity index is 665. The summed E-state index contributed by atoms with van der Waals surface area (Å²) >= 11 is 0. The van der Waals surface area contributed by atoms with Crippen LogP contribution in [0, 0.1) is 11.8 Å². The minimum atomic E-state index is -1.44. The zero-order valence-electron chi connectivity index (χ0n) is 8.66. The smallest absolute Gasteiger partial charge is 0.234 e. The van der Waals surface area contributed by atoms with Gasteiger partial charge in [0, 0.05) is 11.8 Å². The lowest BCUT2D eigenvalue weighted by molar-refractivity contribution is 0.390. The van der Waals surface area contributed by atoms with Crippen LogP contribution in [0.2, 0.25) is 0 Å². The van der Waals surface area contributed by atoms with E-state index >= 15 is 0 Å². The summed E-state index contributed by atoms with van der Waals surface area (Å²) in [5.41, 5.74) is -0.744. The first-order chi connectivity index (χ1) is 8.11. The molecule has 0 N–H and O–H groups in total. The van der Waals surface area contributed by atoms with Crippen molar-refractivity contribution >= 4 is 10.9 Å². The van der Waals surface area contributed by atoms with Crippen LogP contribution >= 0.6 is 0 Å². The van der Waals surface area contributed by atoms with E-state index in [1.54, 1.807) is 12.1 Å². The van der Waals surface area contributed by atoms with Gasteiger partial charge < -0.3 is 4.57 Å². The first-order valence-corrected chi connectivity index (χ1v) is 5.23. The van der Waals surface area contributed by atoms with Gasteiger partial charge in [0.1, 0.15) is 6.17 Å². The lowest BCUT2D eigenvalue weighted by Crippen LogP contribution is -2.18. The molecule has 1 saturated carbocycles. The summed E-state index contributed by atoms with van der Waals surface area (Å²) in [7, 11) is 0. The Morgan fingerprint density at radius 1 is 1.24 bits per heavy atom. The van der Waals surface area contributed by atoms with Crippen LogP contribution in [-0.2, 0) is 0 Å². The molecule has 0 amide bonds. The molecule has 0 saturated heterocycles. The summed E-state index contributed by atoms with van der Waals surface area (Å²) in [4.78, 5) is 11.5. The standard InChI is InChI=1S/C12H8F3NO/c13-7-5-9(7)16-8-4-2-1-3-6(8)11(17)10(14)12(16)15/h1-4,7,9H,5H2/t7-,9+/m0/s1. The minimum Gasteiger partial charge on any atom is -0.309 e. The molecule has 1 fully saturated rings. The highest BCUT2D eigenvalue weighted by atomic mass is 19.2. The van der Waals surface area contributed by atoms with Crippen LogP contribution in [0.5, 0.6) is 0 Å². The normalized spacial score (nSPS) is 23.0. The van der Waals surface area contributed by atoms with Crippen molar-refractivity contribution in [1.29, 1.82) is 0 Å². The van der Waals surface area contributed by atoms with Crippen LogP contribution in [0.25, 0.3) is 10.9 Å². The molecule has 17 heavy (non-hydrogen) atoms. The fourth-order valence-corrected chi connectivity index (χ4v) is 2.04. The molecule has 1 aliphatic rings. The Morgan fingerprint density at radius 2 is 1.88 bits per heavy atom. The van der Waals surface area contributed by atoms with Crippen LogP contribution in [0.3, 0.4) is 0 Å². The number of hydrogen-bond acceptors (Lipinski definition) is 1. The molecule has 0 bridgehead atoms. The van der Waals surface area contributed by atoms with Crippen molar-refractivity contribution in [2.75, 3.05) is 0 Å². The monoisotopic (exact) mass is 239 g/mol. The third-order valence-electron chi connectivity index (χ3n) is 3.01. The number of aromatic nitrogens is 1. The molecule has 3 rings (SSSR count). The van der Waals surface area contributed by atoms with E-state index in [1.165, 1.54) is 12.1 Å². The molecule has 2 atom stereocenters. The first-order valence-electron chi connectivity index (χ1n) is 5.23. The van der Waals surface area contributed by atoms with Gasteiger partial charge in [-0.3, -0.25) is 4.79 Å². The Hall–Kier alpha value is -1.78. The van der Waals surface area contributed by atoms with Gasteiger partial charge >= 0.3 is 0 Å². The number of fused-ring (bicyclic) bond motifs is 1. The van der Waals surface area contributed by atoms with Gasteiger partial charge in [-0.15, -0.1) is 0 Å². The van der Waals surface area contributed by atoms with Crippen molar-refractivity contribution in [3.63, 3.8) is 0 Å². The largest absolute Gasteiger partial charge is 0.309 e. The van der Waals surface area contributed by atoms with Crippen LogP contribution in [0.4, 0.5) is 13.2 Å². The van der Waals surface area contributed by atoms with Crippen LogP contribution in [0.1, 0.15) is 12.5 Å². The van der Waals surface area contributed by atoms with E-state index in [4.69, 9.17) is 0 Å². The van der Waals surface area contributed by atoms with E-state index in [0.717, 1.165) is 4.57 Å². The fraction of sp³-hybridized carbons (Fsp3) is 0.250. The maximum Gasteiger partial charge on any atom is 0.234 e. The molecule has 1 aromatic carbocycles. The molecule has 0 aliphatic heterocycles. The van der Waals surface area contributed by atoms with Crippen molar-refractivity contribution in [2.24, 2.45) is 0 Å². The Balaban J connectivity index is 2.44. The highest BCUT2D eigenvalue weighted by Gasteiger charge is 2.41. The van der Waals surface area contributed by atoms with Crippen molar-refractivity contribution in [3.05, 3.63) is 46.3 Å². The number of halogens is 3. The van der Waals surface area contributed by atoms with E-state index in [0.29, 0.717) is 0 Å². The van der Waals surface area contributed by atoms with E-state index in [9.17, 15) is 18.0 Å². The van der Waals surface area contributed by atoms with Gasteiger partial charge in [-0.1, -0.05) is 12.1 Å². The molecule has 1 aromatic heterocycles. The second-order valence-corrected chi connectivity index (χ2v) is 4.14. The molecule has 2 nitrogen and oxygen atoms in total. The topological polar surface area (TPSA) is 22.0 Å². The highest BCUT2D eigenvalue weighted by molar-refractivity contribution is 5.79. The maximum absolute atomic E-state index is 13.7. The van der Waals surface area contributed by atoms with Crippen molar-refractivity contribution < 1.29 is 13.2 Å². The van der Waals surface area contributed by atoms with Gasteiger partial charge in [0.2, 0.25) is 17.2 Å². The number of hydrogen-bond donors (Lipinski definition) is 0. The Morgan fingerprint density at radius 3 is 2.53 bits per heavy atom. The average Bonchev–Trinajstić information content (AvgIpc) is 3.04. The van der Waals surface area contributed by atoms with Crippen molar-refractivity contribution in [1.82, 2.24) is 4.57 Å². The summed E-state index contributed by atoms with van der Waals surface area (Å²) < 4.78 is 41.0. The molecular formula is C12H8F3NO. The van der Waals surface area contributed by atoms with E-state index < -0.39 is 29.4 Å². The van der Waals surface area contributed by atoms with E-state index in [-0.39, 0.29) is 17.3 Å². The van der Waals surface area contributed by atoms with Gasteiger partial charge in [0.25, 0.3) is 0 Å². The van der Waals surface area contributed by atoms with Crippen LogP contribution < -0.4 is 5.43 Å². The quantitative estimate of drug-likeness (QED) is 0.701. The Kier molecular flexibility index (Phi) is 2.05. The summed E-state index contributed by atoms with van der Waals surface area (Å²) in [5.74, 6) is -2.72. The molecule has 0 unspecified atom stereocenters. The third kappa shape index (κ3) is 1.38. The second kappa shape index (κ2) is 3.35. The third-order valence-corrected chi connectivity index (χ3v) is 3.01. The summed E-state index contributed by atoms with van der Waals surface area (Å²) in [6.45, 7) is 0. The van der Waals surface area contributed by atoms with E-state index in [1.807, 2.05) is 0 Å². The van der Waals surface area contributed by atoms with Gasteiger partial charge in [-0.2, -0.15) is 8.78 Å². The van der Waals surface area contributed by atoms with Crippen molar-refractivity contribution in [2.45, 2.75) is 18.6 Å².